The van der Waals surface area contributed by atoms with E-state index in [1.165, 1.54) is 0 Å². The minimum absolute atomic E-state index is 0.0371. The Morgan fingerprint density at radius 2 is 1.61 bits per heavy atom. The molecule has 0 bridgehead atoms. The number of nitrogens with zero attached hydrogens (tertiary/aromatic N) is 1. The van der Waals surface area contributed by atoms with Gasteiger partial charge in [0.1, 0.15) is 6.04 Å². The maximum Gasteiger partial charge on any atom is 0.242 e. The molecule has 172 valence electrons. The summed E-state index contributed by atoms with van der Waals surface area (Å²) in [6.07, 6.45) is 0.468. The number of rotatable bonds is 10. The molecule has 6 heteroatoms. The average Bonchev–Trinajstić information content (AvgIpc) is 2.83. The highest BCUT2D eigenvalue weighted by atomic mass is 79.9. The van der Waals surface area contributed by atoms with Gasteiger partial charge in [-0.05, 0) is 41.3 Å². The van der Waals surface area contributed by atoms with Gasteiger partial charge < -0.3 is 10.2 Å². The van der Waals surface area contributed by atoms with Crippen molar-refractivity contribution in [1.29, 1.82) is 0 Å². The molecule has 4 nitrogen and oxygen atoms in total. The van der Waals surface area contributed by atoms with Crippen LogP contribution < -0.4 is 5.32 Å². The van der Waals surface area contributed by atoms with E-state index in [1.54, 1.807) is 23.7 Å². The highest BCUT2D eigenvalue weighted by Crippen LogP contribution is 2.20. The highest BCUT2D eigenvalue weighted by Gasteiger charge is 2.29. The normalized spacial score (nSPS) is 11.6. The lowest BCUT2D eigenvalue weighted by Gasteiger charge is -2.31. The molecule has 3 aromatic rings. The molecular formula is C27H29BrN2O2S. The van der Waals surface area contributed by atoms with Gasteiger partial charge in [-0.2, -0.15) is 0 Å². The third-order valence-electron chi connectivity index (χ3n) is 5.53. The van der Waals surface area contributed by atoms with Crippen LogP contribution in [0.1, 0.15) is 22.3 Å². The van der Waals surface area contributed by atoms with Crippen LogP contribution in [0.25, 0.3) is 0 Å². The highest BCUT2D eigenvalue weighted by molar-refractivity contribution is 9.10. The molecule has 0 aliphatic carbocycles. The first kappa shape index (κ1) is 25.1. The number of likely N-dealkylation sites (N-methyl/N-ethyl adjacent to an activating group) is 1. The fourth-order valence-electron chi connectivity index (χ4n) is 3.61. The van der Waals surface area contributed by atoms with Crippen molar-refractivity contribution in [2.24, 2.45) is 0 Å². The molecule has 0 aliphatic rings. The van der Waals surface area contributed by atoms with Crippen molar-refractivity contribution in [3.8, 4) is 0 Å². The van der Waals surface area contributed by atoms with E-state index in [0.717, 1.165) is 32.5 Å². The Labute approximate surface area is 208 Å². The van der Waals surface area contributed by atoms with E-state index in [0.29, 0.717) is 18.7 Å². The van der Waals surface area contributed by atoms with Crippen molar-refractivity contribution in [2.75, 3.05) is 12.8 Å². The number of hydrogen-bond acceptors (Lipinski definition) is 3. The molecular weight excluding hydrogens is 496 g/mol. The van der Waals surface area contributed by atoms with Crippen LogP contribution in [0.3, 0.4) is 0 Å². The number of halogens is 1. The molecule has 0 spiro atoms. The van der Waals surface area contributed by atoms with E-state index in [2.05, 4.69) is 33.4 Å². The Morgan fingerprint density at radius 1 is 0.939 bits per heavy atom. The van der Waals surface area contributed by atoms with Crippen LogP contribution >= 0.6 is 27.7 Å². The minimum atomic E-state index is -0.585. The van der Waals surface area contributed by atoms with Gasteiger partial charge in [0.15, 0.2) is 0 Å². The molecule has 3 rings (SSSR count). The molecule has 1 N–H and O–H groups in total. The van der Waals surface area contributed by atoms with Gasteiger partial charge in [-0.1, -0.05) is 82.7 Å². The van der Waals surface area contributed by atoms with Gasteiger partial charge in [0, 0.05) is 30.2 Å². The SMILES string of the molecule is CNC(=O)[C@@H](Cc1ccccc1)N(Cc1ccccc1C)C(=O)CSCc1ccc(Br)cc1. The number of aryl methyl sites for hydroxylation is 1. The lowest BCUT2D eigenvalue weighted by Crippen LogP contribution is -2.50. The zero-order valence-electron chi connectivity index (χ0n) is 19.0. The third kappa shape index (κ3) is 7.47. The third-order valence-corrected chi connectivity index (χ3v) is 7.04. The zero-order valence-corrected chi connectivity index (χ0v) is 21.4. The molecule has 0 saturated carbocycles. The van der Waals surface area contributed by atoms with Gasteiger partial charge in [0.25, 0.3) is 0 Å². The molecule has 0 unspecified atom stereocenters. The van der Waals surface area contributed by atoms with E-state index < -0.39 is 6.04 Å². The van der Waals surface area contributed by atoms with Gasteiger partial charge in [0.05, 0.1) is 5.75 Å². The quantitative estimate of drug-likeness (QED) is 0.387. The van der Waals surface area contributed by atoms with Crippen molar-refractivity contribution in [2.45, 2.75) is 31.7 Å². The molecule has 3 aromatic carbocycles. The number of hydrogen-bond donors (Lipinski definition) is 1. The molecule has 0 saturated heterocycles. The maximum atomic E-state index is 13.5. The topological polar surface area (TPSA) is 49.4 Å². The Morgan fingerprint density at radius 3 is 2.27 bits per heavy atom. The van der Waals surface area contributed by atoms with Crippen molar-refractivity contribution in [3.63, 3.8) is 0 Å². The van der Waals surface area contributed by atoms with Gasteiger partial charge >= 0.3 is 0 Å². The Bertz CT molecular complexity index is 1060. The van der Waals surface area contributed by atoms with Crippen molar-refractivity contribution in [1.82, 2.24) is 10.2 Å². The Hall–Kier alpha value is -2.57. The molecule has 0 fully saturated rings. The van der Waals surface area contributed by atoms with E-state index in [9.17, 15) is 9.59 Å². The standard InChI is InChI=1S/C27H29BrN2O2S/c1-20-8-6-7-11-23(20)17-30(25(27(32)29-2)16-21-9-4-3-5-10-21)26(31)19-33-18-22-12-14-24(28)15-13-22/h3-15,25H,16-19H2,1-2H3,(H,29,32)/t25-/m1/s1. The van der Waals surface area contributed by atoms with Crippen LogP contribution in [0.2, 0.25) is 0 Å². The number of benzene rings is 3. The van der Waals surface area contributed by atoms with E-state index in [-0.39, 0.29) is 11.8 Å². The first-order valence-electron chi connectivity index (χ1n) is 10.9. The number of carbonyl (C=O) groups excluding carboxylic acids is 2. The number of thioether (sulfide) groups is 1. The Kier molecular flexibility index (Phi) is 9.58. The number of carbonyl (C=O) groups is 2. The number of nitrogens with one attached hydrogen (secondary N) is 1. The lowest BCUT2D eigenvalue weighted by molar-refractivity contribution is -0.139. The fraction of sp³-hybridized carbons (Fsp3) is 0.259. The van der Waals surface area contributed by atoms with Crippen LogP contribution in [0.5, 0.6) is 0 Å². The van der Waals surface area contributed by atoms with Crippen LogP contribution in [-0.4, -0.2) is 35.6 Å². The van der Waals surface area contributed by atoms with E-state index in [1.807, 2.05) is 73.7 Å². The predicted octanol–water partition coefficient (Wildman–Crippen LogP) is 5.38. The summed E-state index contributed by atoms with van der Waals surface area (Å²) in [5.41, 5.74) is 4.34. The lowest BCUT2D eigenvalue weighted by atomic mass is 10.0. The summed E-state index contributed by atoms with van der Waals surface area (Å²) >= 11 is 5.02. The predicted molar refractivity (Wildman–Crippen MR) is 140 cm³/mol. The minimum Gasteiger partial charge on any atom is -0.357 e. The average molecular weight is 526 g/mol. The van der Waals surface area contributed by atoms with E-state index >= 15 is 0 Å². The summed E-state index contributed by atoms with van der Waals surface area (Å²) in [4.78, 5) is 28.2. The summed E-state index contributed by atoms with van der Waals surface area (Å²) in [7, 11) is 1.62. The number of amides is 2. The summed E-state index contributed by atoms with van der Waals surface area (Å²) in [5, 5.41) is 2.76. The molecule has 33 heavy (non-hydrogen) atoms. The molecule has 0 radical (unpaired) electrons. The summed E-state index contributed by atoms with van der Waals surface area (Å²) in [6, 6.07) is 25.4. The van der Waals surface area contributed by atoms with Gasteiger partial charge in [-0.25, -0.2) is 0 Å². The Balaban J connectivity index is 1.81. The van der Waals surface area contributed by atoms with Gasteiger partial charge in [0.2, 0.25) is 11.8 Å². The molecule has 0 aromatic heterocycles. The van der Waals surface area contributed by atoms with Crippen molar-refractivity contribution in [3.05, 3.63) is 106 Å². The molecule has 0 heterocycles. The summed E-state index contributed by atoms with van der Waals surface area (Å²) < 4.78 is 1.03. The van der Waals surface area contributed by atoms with Crippen molar-refractivity contribution >= 4 is 39.5 Å². The zero-order chi connectivity index (χ0) is 23.6. The smallest absolute Gasteiger partial charge is 0.242 e. The van der Waals surface area contributed by atoms with Crippen LogP contribution in [-0.2, 0) is 28.3 Å². The maximum absolute atomic E-state index is 13.5. The van der Waals surface area contributed by atoms with Crippen LogP contribution in [0, 0.1) is 6.92 Å². The summed E-state index contributed by atoms with van der Waals surface area (Å²) in [6.45, 7) is 2.43. The van der Waals surface area contributed by atoms with Gasteiger partial charge in [-0.15, -0.1) is 11.8 Å². The van der Waals surface area contributed by atoms with Crippen LogP contribution in [0.4, 0.5) is 0 Å². The first-order valence-corrected chi connectivity index (χ1v) is 12.8. The van der Waals surface area contributed by atoms with Crippen molar-refractivity contribution < 1.29 is 9.59 Å². The first-order chi connectivity index (χ1) is 16.0. The largest absolute Gasteiger partial charge is 0.357 e. The second-order valence-corrected chi connectivity index (χ2v) is 9.79. The van der Waals surface area contributed by atoms with Gasteiger partial charge in [-0.3, -0.25) is 9.59 Å². The summed E-state index contributed by atoms with van der Waals surface area (Å²) in [5.74, 6) is 0.855. The fourth-order valence-corrected chi connectivity index (χ4v) is 4.75. The second-order valence-electron chi connectivity index (χ2n) is 7.89. The van der Waals surface area contributed by atoms with Crippen LogP contribution in [0.15, 0.2) is 83.3 Å². The molecule has 2 amide bonds. The molecule has 0 aliphatic heterocycles. The second kappa shape index (κ2) is 12.6. The molecule has 1 atom stereocenters. The monoisotopic (exact) mass is 524 g/mol. The van der Waals surface area contributed by atoms with E-state index in [4.69, 9.17) is 0 Å².